The first kappa shape index (κ1) is 20.2. The van der Waals surface area contributed by atoms with E-state index in [0.717, 1.165) is 30.2 Å². The number of nitrogens with zero attached hydrogens (tertiary/aromatic N) is 3. The van der Waals surface area contributed by atoms with Gasteiger partial charge in [0.2, 0.25) is 21.9 Å². The SMILES string of the molecule is CS(=O)(=O)NCC(=O)N1CCCC(c2nc(N)ncc2-c2ccc(F)cc2)C1. The highest BCUT2D eigenvalue weighted by molar-refractivity contribution is 7.88. The summed E-state index contributed by atoms with van der Waals surface area (Å²) in [5.41, 5.74) is 7.99. The molecule has 0 aliphatic carbocycles. The predicted molar refractivity (Wildman–Crippen MR) is 103 cm³/mol. The van der Waals surface area contributed by atoms with E-state index >= 15 is 0 Å². The second kappa shape index (κ2) is 8.19. The molecule has 1 aliphatic heterocycles. The summed E-state index contributed by atoms with van der Waals surface area (Å²) in [6.45, 7) is 0.671. The number of nitrogen functional groups attached to an aromatic ring is 1. The highest BCUT2D eigenvalue weighted by Gasteiger charge is 2.28. The summed E-state index contributed by atoms with van der Waals surface area (Å²) in [4.78, 5) is 22.5. The lowest BCUT2D eigenvalue weighted by Crippen LogP contribution is -2.44. The van der Waals surface area contributed by atoms with Crippen molar-refractivity contribution in [2.75, 3.05) is 31.6 Å². The van der Waals surface area contributed by atoms with Gasteiger partial charge in [0.25, 0.3) is 0 Å². The van der Waals surface area contributed by atoms with Gasteiger partial charge in [-0.3, -0.25) is 4.79 Å². The van der Waals surface area contributed by atoms with Gasteiger partial charge in [0.15, 0.2) is 0 Å². The number of hydrogen-bond acceptors (Lipinski definition) is 6. The van der Waals surface area contributed by atoms with Gasteiger partial charge in [0.1, 0.15) is 5.82 Å². The lowest BCUT2D eigenvalue weighted by Gasteiger charge is -2.33. The fourth-order valence-electron chi connectivity index (χ4n) is 3.30. The molecule has 1 aromatic carbocycles. The van der Waals surface area contributed by atoms with Crippen LogP contribution < -0.4 is 10.5 Å². The maximum atomic E-state index is 13.3. The number of sulfonamides is 1. The van der Waals surface area contributed by atoms with E-state index in [-0.39, 0.29) is 30.1 Å². The van der Waals surface area contributed by atoms with Crippen LogP contribution in [0.4, 0.5) is 10.3 Å². The van der Waals surface area contributed by atoms with E-state index in [2.05, 4.69) is 14.7 Å². The lowest BCUT2D eigenvalue weighted by atomic mass is 9.90. The summed E-state index contributed by atoms with van der Waals surface area (Å²) in [7, 11) is -3.44. The minimum Gasteiger partial charge on any atom is -0.368 e. The molecule has 1 amide bonds. The van der Waals surface area contributed by atoms with Crippen molar-refractivity contribution in [3.05, 3.63) is 42.0 Å². The molecule has 3 N–H and O–H groups in total. The normalized spacial score (nSPS) is 17.5. The van der Waals surface area contributed by atoms with Gasteiger partial charge in [0, 0.05) is 30.8 Å². The number of piperidine rings is 1. The Bertz CT molecular complexity index is 966. The molecule has 8 nitrogen and oxygen atoms in total. The molecule has 2 heterocycles. The largest absolute Gasteiger partial charge is 0.368 e. The summed E-state index contributed by atoms with van der Waals surface area (Å²) in [5, 5.41) is 0. The van der Waals surface area contributed by atoms with E-state index < -0.39 is 10.0 Å². The highest BCUT2D eigenvalue weighted by Crippen LogP contribution is 2.33. The van der Waals surface area contributed by atoms with Crippen LogP contribution in [0.1, 0.15) is 24.5 Å². The van der Waals surface area contributed by atoms with Gasteiger partial charge >= 0.3 is 0 Å². The third-order valence-electron chi connectivity index (χ3n) is 4.64. The van der Waals surface area contributed by atoms with Gasteiger partial charge < -0.3 is 10.6 Å². The number of rotatable bonds is 5. The molecule has 28 heavy (non-hydrogen) atoms. The van der Waals surface area contributed by atoms with Gasteiger partial charge in [-0.2, -0.15) is 0 Å². The number of anilines is 1. The molecule has 1 unspecified atom stereocenters. The van der Waals surface area contributed by atoms with Gasteiger partial charge in [-0.05, 0) is 30.5 Å². The first-order chi connectivity index (χ1) is 13.2. The Balaban J connectivity index is 1.83. The number of nitrogens with one attached hydrogen (secondary N) is 1. The number of nitrogens with two attached hydrogens (primary N) is 1. The monoisotopic (exact) mass is 407 g/mol. The lowest BCUT2D eigenvalue weighted by molar-refractivity contribution is -0.131. The number of amides is 1. The van der Waals surface area contributed by atoms with Crippen LogP contribution in [0.5, 0.6) is 0 Å². The summed E-state index contributed by atoms with van der Waals surface area (Å²) in [5.74, 6) is -0.584. The van der Waals surface area contributed by atoms with Crippen molar-refractivity contribution in [3.8, 4) is 11.1 Å². The van der Waals surface area contributed by atoms with Crippen LogP contribution in [-0.2, 0) is 14.8 Å². The molecule has 2 aromatic rings. The Morgan fingerprint density at radius 2 is 2.07 bits per heavy atom. The average molecular weight is 407 g/mol. The molecule has 3 rings (SSSR count). The number of aromatic nitrogens is 2. The zero-order valence-corrected chi connectivity index (χ0v) is 16.2. The topological polar surface area (TPSA) is 118 Å². The molecule has 1 atom stereocenters. The van der Waals surface area contributed by atoms with E-state index in [9.17, 15) is 17.6 Å². The van der Waals surface area contributed by atoms with Crippen LogP contribution in [0.25, 0.3) is 11.1 Å². The van der Waals surface area contributed by atoms with Crippen LogP contribution in [0, 0.1) is 5.82 Å². The number of halogens is 1. The molecule has 1 aliphatic rings. The van der Waals surface area contributed by atoms with E-state index in [1.807, 2.05) is 0 Å². The molecular formula is C18H22FN5O3S. The van der Waals surface area contributed by atoms with Crippen molar-refractivity contribution in [1.82, 2.24) is 19.6 Å². The Hall–Kier alpha value is -2.59. The standard InChI is InChI=1S/C18H22FN5O3S/c1-28(26,27)22-10-16(25)24-8-2-3-13(11-24)17-15(9-21-18(20)23-17)12-4-6-14(19)7-5-12/h4-7,9,13,22H,2-3,8,10-11H2,1H3,(H2,20,21,23). The summed E-state index contributed by atoms with van der Waals surface area (Å²) in [6.07, 6.45) is 4.17. The molecule has 10 heteroatoms. The van der Waals surface area contributed by atoms with Crippen molar-refractivity contribution >= 4 is 21.9 Å². The maximum Gasteiger partial charge on any atom is 0.237 e. The van der Waals surface area contributed by atoms with Crippen molar-refractivity contribution in [2.45, 2.75) is 18.8 Å². The first-order valence-electron chi connectivity index (χ1n) is 8.83. The Morgan fingerprint density at radius 3 is 2.75 bits per heavy atom. The van der Waals surface area contributed by atoms with E-state index in [0.29, 0.717) is 18.8 Å². The minimum atomic E-state index is -3.44. The van der Waals surface area contributed by atoms with Crippen molar-refractivity contribution < 1.29 is 17.6 Å². The number of carbonyl (C=O) groups excluding carboxylic acids is 1. The van der Waals surface area contributed by atoms with E-state index in [1.165, 1.54) is 12.1 Å². The Labute approximate surface area is 163 Å². The minimum absolute atomic E-state index is 0.0821. The highest BCUT2D eigenvalue weighted by atomic mass is 32.2. The van der Waals surface area contributed by atoms with E-state index in [4.69, 9.17) is 5.73 Å². The van der Waals surface area contributed by atoms with Gasteiger partial charge in [0.05, 0.1) is 18.5 Å². The molecular weight excluding hydrogens is 385 g/mol. The predicted octanol–water partition coefficient (Wildman–Crippen LogP) is 1.12. The number of likely N-dealkylation sites (tertiary alicyclic amines) is 1. The van der Waals surface area contributed by atoms with Crippen molar-refractivity contribution in [1.29, 1.82) is 0 Å². The van der Waals surface area contributed by atoms with Gasteiger partial charge in [-0.25, -0.2) is 27.5 Å². The van der Waals surface area contributed by atoms with Crippen molar-refractivity contribution in [2.24, 2.45) is 0 Å². The Morgan fingerprint density at radius 1 is 1.36 bits per heavy atom. The second-order valence-corrected chi connectivity index (χ2v) is 8.64. The fraction of sp³-hybridized carbons (Fsp3) is 0.389. The third-order valence-corrected chi connectivity index (χ3v) is 5.31. The Kier molecular flexibility index (Phi) is 5.90. The third kappa shape index (κ3) is 5.02. The zero-order valence-electron chi connectivity index (χ0n) is 15.4. The maximum absolute atomic E-state index is 13.3. The number of benzene rings is 1. The molecule has 0 spiro atoms. The molecule has 150 valence electrons. The number of carbonyl (C=O) groups is 1. The van der Waals surface area contributed by atoms with Gasteiger partial charge in [-0.1, -0.05) is 12.1 Å². The van der Waals surface area contributed by atoms with Gasteiger partial charge in [-0.15, -0.1) is 0 Å². The van der Waals surface area contributed by atoms with Crippen LogP contribution >= 0.6 is 0 Å². The molecule has 0 saturated carbocycles. The van der Waals surface area contributed by atoms with Crippen LogP contribution in [0.2, 0.25) is 0 Å². The molecule has 0 bridgehead atoms. The molecule has 0 radical (unpaired) electrons. The summed E-state index contributed by atoms with van der Waals surface area (Å²) in [6, 6.07) is 6.02. The smallest absolute Gasteiger partial charge is 0.237 e. The fourth-order valence-corrected chi connectivity index (χ4v) is 3.69. The second-order valence-electron chi connectivity index (χ2n) is 6.81. The number of hydrogen-bond donors (Lipinski definition) is 2. The molecule has 1 saturated heterocycles. The van der Waals surface area contributed by atoms with Crippen LogP contribution in [0.15, 0.2) is 30.5 Å². The first-order valence-corrected chi connectivity index (χ1v) is 10.7. The van der Waals surface area contributed by atoms with Crippen LogP contribution in [-0.4, -0.2) is 55.1 Å². The summed E-state index contributed by atoms with van der Waals surface area (Å²) >= 11 is 0. The summed E-state index contributed by atoms with van der Waals surface area (Å²) < 4.78 is 38.0. The average Bonchev–Trinajstić information content (AvgIpc) is 2.66. The molecule has 1 aromatic heterocycles. The molecule has 1 fully saturated rings. The van der Waals surface area contributed by atoms with Crippen molar-refractivity contribution in [3.63, 3.8) is 0 Å². The van der Waals surface area contributed by atoms with E-state index in [1.54, 1.807) is 23.2 Å². The zero-order chi connectivity index (χ0) is 20.3. The quantitative estimate of drug-likeness (QED) is 0.767. The van der Waals surface area contributed by atoms with Crippen LogP contribution in [0.3, 0.4) is 0 Å².